The van der Waals surface area contributed by atoms with Gasteiger partial charge in [-0.25, -0.2) is 13.8 Å². The molecule has 0 N–H and O–H groups in total. The molecule has 0 bridgehead atoms. The Bertz CT molecular complexity index is 1000. The van der Waals surface area contributed by atoms with Crippen LogP contribution in [-0.4, -0.2) is 42.0 Å². The molecule has 1 saturated heterocycles. The van der Waals surface area contributed by atoms with Gasteiger partial charge in [-0.3, -0.25) is 4.79 Å². The number of aryl methyl sites for hydroxylation is 1. The third kappa shape index (κ3) is 4.29. The van der Waals surface area contributed by atoms with Crippen LogP contribution in [0.1, 0.15) is 21.8 Å². The average Bonchev–Trinajstić information content (AvgIpc) is 2.95. The van der Waals surface area contributed by atoms with Crippen LogP contribution in [0, 0.1) is 18.6 Å². The summed E-state index contributed by atoms with van der Waals surface area (Å²) in [6.45, 7) is 4.61. The van der Waals surface area contributed by atoms with E-state index >= 15 is 0 Å². The van der Waals surface area contributed by atoms with Gasteiger partial charge in [0.05, 0.1) is 5.69 Å². The number of aromatic nitrogens is 1. The molecule has 2 aromatic carbocycles. The van der Waals surface area contributed by atoms with Gasteiger partial charge >= 0.3 is 0 Å². The second-order valence-electron chi connectivity index (χ2n) is 7.05. The van der Waals surface area contributed by atoms with E-state index in [1.54, 1.807) is 24.3 Å². The van der Waals surface area contributed by atoms with Crippen LogP contribution in [0.3, 0.4) is 0 Å². The van der Waals surface area contributed by atoms with Crippen LogP contribution in [0.2, 0.25) is 0 Å². The zero-order valence-corrected chi connectivity index (χ0v) is 16.9. The maximum Gasteiger partial charge on any atom is 0.265 e. The van der Waals surface area contributed by atoms with Crippen LogP contribution in [0.15, 0.2) is 48.5 Å². The first-order valence-corrected chi connectivity index (χ1v) is 10.4. The number of benzene rings is 2. The highest BCUT2D eigenvalue weighted by molar-refractivity contribution is 7.17. The maximum atomic E-state index is 13.2. The third-order valence-corrected chi connectivity index (χ3v) is 6.25. The quantitative estimate of drug-likeness (QED) is 0.622. The molecule has 4 rings (SSSR count). The van der Waals surface area contributed by atoms with Crippen molar-refractivity contribution in [3.8, 4) is 10.6 Å². The highest BCUT2D eigenvalue weighted by atomic mass is 32.1. The fourth-order valence-electron chi connectivity index (χ4n) is 3.49. The molecule has 150 valence electrons. The smallest absolute Gasteiger partial charge is 0.265 e. The number of thiazole rings is 1. The highest BCUT2D eigenvalue weighted by Gasteiger charge is 2.24. The first-order valence-electron chi connectivity index (χ1n) is 9.54. The van der Waals surface area contributed by atoms with Gasteiger partial charge in [-0.05, 0) is 61.9 Å². The summed E-state index contributed by atoms with van der Waals surface area (Å²) >= 11 is 1.35. The van der Waals surface area contributed by atoms with E-state index in [0.29, 0.717) is 35.2 Å². The van der Waals surface area contributed by atoms with E-state index in [1.165, 1.54) is 35.6 Å². The molecule has 0 saturated carbocycles. The minimum absolute atomic E-state index is 0.0192. The molecule has 1 fully saturated rings. The van der Waals surface area contributed by atoms with Crippen LogP contribution in [0.25, 0.3) is 10.6 Å². The number of amides is 1. The summed E-state index contributed by atoms with van der Waals surface area (Å²) in [5.74, 6) is -0.569. The number of hydrogen-bond acceptors (Lipinski definition) is 4. The van der Waals surface area contributed by atoms with Crippen molar-refractivity contribution in [2.75, 3.05) is 31.1 Å². The van der Waals surface area contributed by atoms with Gasteiger partial charge in [0.25, 0.3) is 5.91 Å². The van der Waals surface area contributed by atoms with Crippen molar-refractivity contribution in [3.05, 3.63) is 70.7 Å². The Morgan fingerprint density at radius 3 is 2.28 bits per heavy atom. The number of halogens is 2. The Kier molecular flexibility index (Phi) is 5.58. The van der Waals surface area contributed by atoms with Gasteiger partial charge in [-0.1, -0.05) is 0 Å². The monoisotopic (exact) mass is 413 g/mol. The van der Waals surface area contributed by atoms with Gasteiger partial charge in [-0.2, -0.15) is 0 Å². The largest absolute Gasteiger partial charge is 0.370 e. The molecule has 0 atom stereocenters. The molecular formula is C22H21F2N3OS. The summed E-state index contributed by atoms with van der Waals surface area (Å²) in [5.41, 5.74) is 2.46. The number of carbonyl (C=O) groups excluding carboxylic acids is 1. The fraction of sp³-hybridized carbons (Fsp3) is 0.273. The van der Waals surface area contributed by atoms with Crippen LogP contribution in [0.4, 0.5) is 14.5 Å². The molecule has 7 heteroatoms. The standard InChI is InChI=1S/C22H21F2N3OS/c1-15-20(29-21(25-15)16-3-5-17(23)6-4-16)22(28)27-12-2-11-26(13-14-27)19-9-7-18(24)8-10-19/h3-10H,2,11-14H2,1H3. The van der Waals surface area contributed by atoms with E-state index in [4.69, 9.17) is 0 Å². The number of anilines is 1. The van der Waals surface area contributed by atoms with Crippen molar-refractivity contribution in [2.24, 2.45) is 0 Å². The van der Waals surface area contributed by atoms with Crippen molar-refractivity contribution in [1.29, 1.82) is 0 Å². The number of rotatable bonds is 3. The summed E-state index contributed by atoms with van der Waals surface area (Å²) in [5, 5.41) is 0.716. The second-order valence-corrected chi connectivity index (χ2v) is 8.05. The second kappa shape index (κ2) is 8.29. The number of hydrogen-bond donors (Lipinski definition) is 0. The average molecular weight is 413 g/mol. The first kappa shape index (κ1) is 19.5. The van der Waals surface area contributed by atoms with E-state index in [2.05, 4.69) is 9.88 Å². The van der Waals surface area contributed by atoms with Crippen molar-refractivity contribution >= 4 is 22.9 Å². The van der Waals surface area contributed by atoms with Crippen molar-refractivity contribution in [1.82, 2.24) is 9.88 Å². The summed E-state index contributed by atoms with van der Waals surface area (Å²) in [7, 11) is 0. The predicted molar refractivity (Wildman–Crippen MR) is 111 cm³/mol. The molecule has 0 aliphatic carbocycles. The lowest BCUT2D eigenvalue weighted by atomic mass is 10.2. The Morgan fingerprint density at radius 1 is 0.931 bits per heavy atom. The normalized spacial score (nSPS) is 14.7. The van der Waals surface area contributed by atoms with Gasteiger partial charge in [0.1, 0.15) is 21.5 Å². The van der Waals surface area contributed by atoms with Crippen LogP contribution >= 0.6 is 11.3 Å². The molecule has 1 aliphatic rings. The Hall–Kier alpha value is -2.80. The lowest BCUT2D eigenvalue weighted by Gasteiger charge is -2.23. The molecule has 3 aromatic rings. The van der Waals surface area contributed by atoms with Crippen molar-refractivity contribution in [3.63, 3.8) is 0 Å². The maximum absolute atomic E-state index is 13.2. The van der Waals surface area contributed by atoms with E-state index in [1.807, 2.05) is 11.8 Å². The van der Waals surface area contributed by atoms with E-state index in [0.717, 1.165) is 24.2 Å². The lowest BCUT2D eigenvalue weighted by molar-refractivity contribution is 0.0771. The molecule has 1 aliphatic heterocycles. The Balaban J connectivity index is 1.48. The molecule has 0 spiro atoms. The van der Waals surface area contributed by atoms with E-state index < -0.39 is 0 Å². The minimum Gasteiger partial charge on any atom is -0.370 e. The molecule has 1 amide bonds. The summed E-state index contributed by atoms with van der Waals surface area (Å²) in [4.78, 5) is 22.3. The molecule has 4 nitrogen and oxygen atoms in total. The number of nitrogens with zero attached hydrogens (tertiary/aromatic N) is 3. The Labute approximate surface area is 172 Å². The van der Waals surface area contributed by atoms with E-state index in [-0.39, 0.29) is 17.5 Å². The third-order valence-electron chi connectivity index (χ3n) is 5.06. The SMILES string of the molecule is Cc1nc(-c2ccc(F)cc2)sc1C(=O)N1CCCN(c2ccc(F)cc2)CC1. The molecule has 1 aromatic heterocycles. The van der Waals surface area contributed by atoms with Crippen LogP contribution < -0.4 is 4.90 Å². The van der Waals surface area contributed by atoms with Gasteiger partial charge in [0.15, 0.2) is 0 Å². The summed E-state index contributed by atoms with van der Waals surface area (Å²) < 4.78 is 26.3. The zero-order valence-electron chi connectivity index (χ0n) is 16.1. The molecular weight excluding hydrogens is 392 g/mol. The summed E-state index contributed by atoms with van der Waals surface area (Å²) in [6, 6.07) is 12.6. The van der Waals surface area contributed by atoms with E-state index in [9.17, 15) is 13.6 Å². The first-order chi connectivity index (χ1) is 14.0. The van der Waals surface area contributed by atoms with Crippen molar-refractivity contribution in [2.45, 2.75) is 13.3 Å². The number of carbonyl (C=O) groups is 1. The molecule has 0 unspecified atom stereocenters. The molecule has 0 radical (unpaired) electrons. The van der Waals surface area contributed by atoms with Crippen molar-refractivity contribution < 1.29 is 13.6 Å². The predicted octanol–water partition coefficient (Wildman–Crippen LogP) is 4.75. The summed E-state index contributed by atoms with van der Waals surface area (Å²) in [6.07, 6.45) is 0.839. The fourth-order valence-corrected chi connectivity index (χ4v) is 4.52. The lowest BCUT2D eigenvalue weighted by Crippen LogP contribution is -2.35. The minimum atomic E-state index is -0.298. The Morgan fingerprint density at radius 2 is 1.59 bits per heavy atom. The van der Waals surface area contributed by atoms with Gasteiger partial charge in [0.2, 0.25) is 0 Å². The van der Waals surface area contributed by atoms with Gasteiger partial charge < -0.3 is 9.80 Å². The van der Waals surface area contributed by atoms with Crippen LogP contribution in [-0.2, 0) is 0 Å². The zero-order chi connectivity index (χ0) is 20.4. The molecule has 2 heterocycles. The van der Waals surface area contributed by atoms with Gasteiger partial charge in [-0.15, -0.1) is 11.3 Å². The van der Waals surface area contributed by atoms with Crippen LogP contribution in [0.5, 0.6) is 0 Å². The van der Waals surface area contributed by atoms with Gasteiger partial charge in [0, 0.05) is 37.4 Å². The highest BCUT2D eigenvalue weighted by Crippen LogP contribution is 2.29. The molecule has 29 heavy (non-hydrogen) atoms. The topological polar surface area (TPSA) is 36.4 Å².